The minimum atomic E-state index is 0.898. The number of hydrogen-bond acceptors (Lipinski definition) is 3. The van der Waals surface area contributed by atoms with Crippen LogP contribution < -0.4 is 0 Å². The van der Waals surface area contributed by atoms with Gasteiger partial charge in [-0.3, -0.25) is 0 Å². The predicted octanol–water partition coefficient (Wildman–Crippen LogP) is 11.8. The molecule has 3 heterocycles. The number of benzene rings is 7. The normalized spacial score (nSPS) is 12.0. The fourth-order valence-electron chi connectivity index (χ4n) is 6.98. The molecule has 0 radical (unpaired) electrons. The average molecular weight is 593 g/mol. The van der Waals surface area contributed by atoms with Crippen molar-refractivity contribution in [1.82, 2.24) is 9.55 Å². The Bertz CT molecular complexity index is 2750. The van der Waals surface area contributed by atoms with E-state index in [1.807, 2.05) is 12.1 Å². The van der Waals surface area contributed by atoms with Gasteiger partial charge in [0.15, 0.2) is 0 Å². The molecular weight excluding hydrogens is 569 g/mol. The third-order valence-electron chi connectivity index (χ3n) is 9.02. The fourth-order valence-corrected chi connectivity index (χ4v) is 8.08. The van der Waals surface area contributed by atoms with Crippen LogP contribution in [0, 0.1) is 0 Å². The summed E-state index contributed by atoms with van der Waals surface area (Å²) in [5, 5.41) is 8.30. The zero-order valence-corrected chi connectivity index (χ0v) is 24.9. The van der Waals surface area contributed by atoms with Crippen LogP contribution in [-0.2, 0) is 0 Å². The molecule has 0 saturated carbocycles. The van der Waals surface area contributed by atoms with Gasteiger partial charge in [0.2, 0.25) is 0 Å². The Kier molecular flexibility index (Phi) is 5.16. The van der Waals surface area contributed by atoms with E-state index in [0.717, 1.165) is 59.5 Å². The highest BCUT2D eigenvalue weighted by atomic mass is 32.1. The van der Waals surface area contributed by atoms with Crippen LogP contribution in [-0.4, -0.2) is 9.55 Å². The van der Waals surface area contributed by atoms with Gasteiger partial charge in [-0.1, -0.05) is 103 Å². The molecule has 10 rings (SSSR count). The highest BCUT2D eigenvalue weighted by Crippen LogP contribution is 2.44. The molecule has 45 heavy (non-hydrogen) atoms. The molecule has 4 heteroatoms. The Labute approximate surface area is 262 Å². The molecule has 3 aromatic heterocycles. The van der Waals surface area contributed by atoms with Crippen LogP contribution in [0.2, 0.25) is 0 Å². The minimum Gasteiger partial charge on any atom is -0.455 e. The molecule has 0 aliphatic carbocycles. The van der Waals surface area contributed by atoms with Crippen LogP contribution in [0.1, 0.15) is 0 Å². The summed E-state index contributed by atoms with van der Waals surface area (Å²) in [4.78, 5) is 5.21. The van der Waals surface area contributed by atoms with Crippen molar-refractivity contribution < 1.29 is 4.42 Å². The topological polar surface area (TPSA) is 31.0 Å². The molecule has 0 aliphatic heterocycles. The molecular formula is C41H24N2OS. The molecule has 0 aliphatic rings. The molecule has 0 saturated heterocycles. The van der Waals surface area contributed by atoms with Crippen molar-refractivity contribution in [3.05, 3.63) is 146 Å². The van der Waals surface area contributed by atoms with E-state index in [9.17, 15) is 0 Å². The van der Waals surface area contributed by atoms with Gasteiger partial charge in [0.1, 0.15) is 16.2 Å². The smallest absolute Gasteiger partial charge is 0.144 e. The van der Waals surface area contributed by atoms with Crippen molar-refractivity contribution in [2.45, 2.75) is 0 Å². The van der Waals surface area contributed by atoms with Gasteiger partial charge in [-0.15, -0.1) is 11.3 Å². The van der Waals surface area contributed by atoms with Gasteiger partial charge < -0.3 is 8.98 Å². The SMILES string of the molecule is c1ccc(-c2cc3nc(-c4ccc(-n5c6ccccc6c6ccc7ccccc7c65)cc4)sc3c3c2oc2ccccc23)cc1. The second kappa shape index (κ2) is 9.39. The fraction of sp³-hybridized carbons (Fsp3) is 0. The summed E-state index contributed by atoms with van der Waals surface area (Å²) in [5.41, 5.74) is 9.69. The Morgan fingerprint density at radius 3 is 2.18 bits per heavy atom. The third kappa shape index (κ3) is 3.60. The highest BCUT2D eigenvalue weighted by Gasteiger charge is 2.20. The highest BCUT2D eigenvalue weighted by molar-refractivity contribution is 7.22. The lowest BCUT2D eigenvalue weighted by Gasteiger charge is -2.10. The van der Waals surface area contributed by atoms with Crippen molar-refractivity contribution in [2.75, 3.05) is 0 Å². The first-order valence-corrected chi connectivity index (χ1v) is 16.0. The largest absolute Gasteiger partial charge is 0.455 e. The Morgan fingerprint density at radius 2 is 1.31 bits per heavy atom. The summed E-state index contributed by atoms with van der Waals surface area (Å²) in [6.07, 6.45) is 0. The van der Waals surface area contributed by atoms with Gasteiger partial charge in [0, 0.05) is 43.7 Å². The molecule has 0 fully saturated rings. The number of hydrogen-bond donors (Lipinski definition) is 0. The second-order valence-corrected chi connectivity index (χ2v) is 12.5. The summed E-state index contributed by atoms with van der Waals surface area (Å²) in [6.45, 7) is 0. The minimum absolute atomic E-state index is 0.898. The van der Waals surface area contributed by atoms with Crippen molar-refractivity contribution in [2.24, 2.45) is 0 Å². The standard InChI is InChI=1S/C41H24N2OS/c1-2-10-25(11-3-1)33-24-34-40(37-32-15-7-9-17-36(32)44-39(33)37)45-41(42-34)27-18-21-28(22-19-27)43-35-16-8-6-14-30(35)31-23-20-26-12-4-5-13-29(26)38(31)43/h1-24H. The van der Waals surface area contributed by atoms with Crippen LogP contribution in [0.5, 0.6) is 0 Å². The van der Waals surface area contributed by atoms with E-state index in [1.54, 1.807) is 11.3 Å². The molecule has 210 valence electrons. The first-order valence-electron chi connectivity index (χ1n) is 15.1. The van der Waals surface area contributed by atoms with Gasteiger partial charge in [-0.25, -0.2) is 4.98 Å². The van der Waals surface area contributed by atoms with Crippen molar-refractivity contribution in [1.29, 1.82) is 0 Å². The summed E-state index contributed by atoms with van der Waals surface area (Å²) >= 11 is 1.74. The number of thiazole rings is 1. The zero-order valence-electron chi connectivity index (χ0n) is 24.1. The number of para-hydroxylation sites is 2. The molecule has 3 nitrogen and oxygen atoms in total. The number of nitrogens with zero attached hydrogens (tertiary/aromatic N) is 2. The summed E-state index contributed by atoms with van der Waals surface area (Å²) in [6, 6.07) is 51.7. The summed E-state index contributed by atoms with van der Waals surface area (Å²) < 4.78 is 10.1. The third-order valence-corrected chi connectivity index (χ3v) is 10.2. The Morgan fingerprint density at radius 1 is 0.578 bits per heavy atom. The van der Waals surface area contributed by atoms with Gasteiger partial charge in [0.05, 0.1) is 21.3 Å². The van der Waals surface area contributed by atoms with E-state index in [-0.39, 0.29) is 0 Å². The first-order chi connectivity index (χ1) is 22.3. The van der Waals surface area contributed by atoms with E-state index in [4.69, 9.17) is 9.40 Å². The Balaban J connectivity index is 1.17. The molecule has 0 atom stereocenters. The quantitative estimate of drug-likeness (QED) is 0.204. The average Bonchev–Trinajstić information content (AvgIpc) is 3.80. The molecule has 10 aromatic rings. The van der Waals surface area contributed by atoms with E-state index >= 15 is 0 Å². The zero-order chi connectivity index (χ0) is 29.5. The van der Waals surface area contributed by atoms with Crippen LogP contribution in [0.25, 0.3) is 92.1 Å². The van der Waals surface area contributed by atoms with Crippen LogP contribution >= 0.6 is 11.3 Å². The molecule has 0 amide bonds. The molecule has 0 N–H and O–H groups in total. The van der Waals surface area contributed by atoms with E-state index in [0.29, 0.717) is 0 Å². The second-order valence-electron chi connectivity index (χ2n) is 11.5. The van der Waals surface area contributed by atoms with E-state index in [1.165, 1.54) is 32.6 Å². The maximum absolute atomic E-state index is 6.50. The van der Waals surface area contributed by atoms with Gasteiger partial charge in [-0.05, 0) is 53.4 Å². The summed E-state index contributed by atoms with van der Waals surface area (Å²) in [7, 11) is 0. The van der Waals surface area contributed by atoms with E-state index < -0.39 is 0 Å². The van der Waals surface area contributed by atoms with Gasteiger partial charge in [0.25, 0.3) is 0 Å². The first kappa shape index (κ1) is 24.7. The number of rotatable bonds is 3. The lowest BCUT2D eigenvalue weighted by atomic mass is 10.0. The van der Waals surface area contributed by atoms with Gasteiger partial charge >= 0.3 is 0 Å². The molecule has 0 bridgehead atoms. The predicted molar refractivity (Wildman–Crippen MR) is 190 cm³/mol. The van der Waals surface area contributed by atoms with Crippen LogP contribution in [0.15, 0.2) is 150 Å². The maximum atomic E-state index is 6.50. The van der Waals surface area contributed by atoms with Crippen LogP contribution in [0.3, 0.4) is 0 Å². The van der Waals surface area contributed by atoms with Crippen LogP contribution in [0.4, 0.5) is 0 Å². The molecule has 0 unspecified atom stereocenters. The van der Waals surface area contributed by atoms with Crippen molar-refractivity contribution in [3.8, 4) is 27.4 Å². The monoisotopic (exact) mass is 592 g/mol. The lowest BCUT2D eigenvalue weighted by molar-refractivity contribution is 0.670. The molecule has 0 spiro atoms. The number of furan rings is 1. The number of fused-ring (bicyclic) bond motifs is 10. The lowest BCUT2D eigenvalue weighted by Crippen LogP contribution is -1.94. The van der Waals surface area contributed by atoms with E-state index in [2.05, 4.69) is 138 Å². The number of aromatic nitrogens is 2. The Hall–Kier alpha value is -5.71. The molecule has 7 aromatic carbocycles. The van der Waals surface area contributed by atoms with Crippen molar-refractivity contribution in [3.63, 3.8) is 0 Å². The van der Waals surface area contributed by atoms with Gasteiger partial charge in [-0.2, -0.15) is 0 Å². The maximum Gasteiger partial charge on any atom is 0.144 e. The van der Waals surface area contributed by atoms with Crippen molar-refractivity contribution >= 4 is 76.1 Å². The summed E-state index contributed by atoms with van der Waals surface area (Å²) in [5.74, 6) is 0.